The number of imidazole rings is 1. The number of rotatable bonds is 5. The Morgan fingerprint density at radius 3 is 2.84 bits per heavy atom. The zero-order valence-corrected chi connectivity index (χ0v) is 17.7. The molecule has 7 heteroatoms. The number of hydrogen-bond acceptors (Lipinski definition) is 4. The van der Waals surface area contributed by atoms with Crippen LogP contribution < -0.4 is 10.1 Å². The van der Waals surface area contributed by atoms with Crippen molar-refractivity contribution in [1.29, 1.82) is 0 Å². The Morgan fingerprint density at radius 2 is 2.06 bits per heavy atom. The molecule has 2 aliphatic rings. The molecule has 6 rings (SSSR count). The number of aromatic nitrogens is 4. The summed E-state index contributed by atoms with van der Waals surface area (Å²) in [6.07, 6.45) is 6.64. The van der Waals surface area contributed by atoms with Crippen LogP contribution in [0, 0.1) is 5.92 Å². The number of fused-ring (bicyclic) bond motifs is 2. The van der Waals surface area contributed by atoms with E-state index in [-0.39, 0.29) is 17.9 Å². The van der Waals surface area contributed by atoms with E-state index in [1.807, 2.05) is 24.3 Å². The van der Waals surface area contributed by atoms with E-state index in [0.29, 0.717) is 19.0 Å². The highest BCUT2D eigenvalue weighted by atomic mass is 16.5. The average Bonchev–Trinajstić information content (AvgIpc) is 3.18. The van der Waals surface area contributed by atoms with E-state index in [0.717, 1.165) is 38.8 Å². The van der Waals surface area contributed by atoms with E-state index in [1.54, 1.807) is 0 Å². The largest absolute Gasteiger partial charge is 0.488 e. The third kappa shape index (κ3) is 3.15. The van der Waals surface area contributed by atoms with Gasteiger partial charge in [-0.25, -0.2) is 4.98 Å². The van der Waals surface area contributed by atoms with Crippen LogP contribution in [0.15, 0.2) is 42.9 Å². The minimum atomic E-state index is -0.0687. The fourth-order valence-electron chi connectivity index (χ4n) is 4.62. The lowest BCUT2D eigenvalue weighted by molar-refractivity contribution is -0.119. The summed E-state index contributed by atoms with van der Waals surface area (Å²) in [4.78, 5) is 16.4. The summed E-state index contributed by atoms with van der Waals surface area (Å²) in [6, 6.07) is 11.2. The van der Waals surface area contributed by atoms with Gasteiger partial charge in [-0.1, -0.05) is 6.07 Å². The van der Waals surface area contributed by atoms with Crippen LogP contribution in [0.3, 0.4) is 0 Å². The Kier molecular flexibility index (Phi) is 4.06. The number of benzene rings is 2. The van der Waals surface area contributed by atoms with Crippen molar-refractivity contribution in [3.8, 4) is 16.9 Å². The van der Waals surface area contributed by atoms with Gasteiger partial charge in [0.2, 0.25) is 5.91 Å². The summed E-state index contributed by atoms with van der Waals surface area (Å²) < 4.78 is 10.7. The van der Waals surface area contributed by atoms with E-state index in [2.05, 4.69) is 52.2 Å². The number of carbonyl (C=O) groups is 1. The van der Waals surface area contributed by atoms with Gasteiger partial charge in [-0.2, -0.15) is 5.10 Å². The molecule has 0 bridgehead atoms. The van der Waals surface area contributed by atoms with Gasteiger partial charge in [0, 0.05) is 37.4 Å². The van der Waals surface area contributed by atoms with Crippen molar-refractivity contribution >= 4 is 27.8 Å². The Bertz CT molecular complexity index is 1320. The fourth-order valence-corrected chi connectivity index (χ4v) is 4.62. The molecule has 7 nitrogen and oxygen atoms in total. The van der Waals surface area contributed by atoms with Gasteiger partial charge in [0.15, 0.2) is 0 Å². The molecule has 1 saturated carbocycles. The molecule has 0 radical (unpaired) electrons. The van der Waals surface area contributed by atoms with Crippen molar-refractivity contribution in [3.05, 3.63) is 42.9 Å². The van der Waals surface area contributed by atoms with E-state index in [4.69, 9.17) is 9.72 Å². The van der Waals surface area contributed by atoms with Crippen LogP contribution in [0.5, 0.6) is 5.75 Å². The van der Waals surface area contributed by atoms with Crippen molar-refractivity contribution in [1.82, 2.24) is 24.6 Å². The second-order valence-corrected chi connectivity index (χ2v) is 8.86. The standard InChI is InChI=1S/C24H25N5O2/c1-14(17-10-23(30)25-11-17)31-22-9-16(8-20-24(22)29(13-26-20)19-4-5-19)15-3-6-21-18(7-15)12-27-28(21)2/h3,6-9,12-14,17,19H,4-5,10-11H2,1-2H3,(H,25,30)/t14-,17?/m1/s1. The van der Waals surface area contributed by atoms with Gasteiger partial charge >= 0.3 is 0 Å². The molecule has 4 aromatic rings. The van der Waals surface area contributed by atoms with Gasteiger partial charge in [-0.15, -0.1) is 0 Å². The van der Waals surface area contributed by atoms with Crippen molar-refractivity contribution < 1.29 is 9.53 Å². The monoisotopic (exact) mass is 415 g/mol. The second-order valence-electron chi connectivity index (χ2n) is 8.86. The minimum absolute atomic E-state index is 0.0687. The quantitative estimate of drug-likeness (QED) is 0.538. The van der Waals surface area contributed by atoms with Crippen LogP contribution in [0.2, 0.25) is 0 Å². The number of carbonyl (C=O) groups excluding carboxylic acids is 1. The summed E-state index contributed by atoms with van der Waals surface area (Å²) in [5.74, 6) is 1.12. The van der Waals surface area contributed by atoms with E-state index in [1.165, 1.54) is 12.8 Å². The maximum Gasteiger partial charge on any atom is 0.220 e. The Hall–Kier alpha value is -3.35. The number of ether oxygens (including phenoxy) is 1. The normalized spacial score (nSPS) is 19.8. The highest BCUT2D eigenvalue weighted by molar-refractivity contribution is 5.91. The first kappa shape index (κ1) is 18.4. The van der Waals surface area contributed by atoms with Gasteiger partial charge in [0.25, 0.3) is 0 Å². The first-order chi connectivity index (χ1) is 15.1. The number of nitrogens with zero attached hydrogens (tertiary/aromatic N) is 4. The number of amides is 1. The summed E-state index contributed by atoms with van der Waals surface area (Å²) in [7, 11) is 1.95. The Morgan fingerprint density at radius 1 is 1.19 bits per heavy atom. The first-order valence-corrected chi connectivity index (χ1v) is 10.9. The van der Waals surface area contributed by atoms with E-state index < -0.39 is 0 Å². The Balaban J connectivity index is 1.44. The molecule has 1 N–H and O–H groups in total. The zero-order chi connectivity index (χ0) is 21.1. The third-order valence-electron chi connectivity index (χ3n) is 6.64. The summed E-state index contributed by atoms with van der Waals surface area (Å²) in [5, 5.41) is 8.39. The molecule has 0 spiro atoms. The molecule has 2 aromatic heterocycles. The highest BCUT2D eigenvalue weighted by Crippen LogP contribution is 2.42. The van der Waals surface area contributed by atoms with Gasteiger partial charge in [0.05, 0.1) is 23.6 Å². The molecule has 158 valence electrons. The van der Waals surface area contributed by atoms with Crippen molar-refractivity contribution in [3.63, 3.8) is 0 Å². The van der Waals surface area contributed by atoms with Crippen LogP contribution >= 0.6 is 0 Å². The molecule has 2 aromatic carbocycles. The van der Waals surface area contributed by atoms with E-state index in [9.17, 15) is 4.79 Å². The molecule has 2 atom stereocenters. The maximum absolute atomic E-state index is 11.7. The molecular weight excluding hydrogens is 390 g/mol. The molecule has 31 heavy (non-hydrogen) atoms. The predicted octanol–water partition coefficient (Wildman–Crippen LogP) is 3.83. The molecule has 1 amide bonds. The summed E-state index contributed by atoms with van der Waals surface area (Å²) >= 11 is 0. The van der Waals surface area contributed by atoms with Crippen LogP contribution in [-0.4, -0.2) is 37.9 Å². The van der Waals surface area contributed by atoms with Crippen LogP contribution in [-0.2, 0) is 11.8 Å². The van der Waals surface area contributed by atoms with Crippen LogP contribution in [0.4, 0.5) is 0 Å². The summed E-state index contributed by atoms with van der Waals surface area (Å²) in [5.41, 5.74) is 5.28. The van der Waals surface area contributed by atoms with Gasteiger partial charge in [-0.05, 0) is 55.2 Å². The lowest BCUT2D eigenvalue weighted by Gasteiger charge is -2.21. The van der Waals surface area contributed by atoms with Crippen molar-refractivity contribution in [2.75, 3.05) is 6.54 Å². The lowest BCUT2D eigenvalue weighted by Crippen LogP contribution is -2.25. The number of aryl methyl sites for hydroxylation is 1. The van der Waals surface area contributed by atoms with Crippen molar-refractivity contribution in [2.24, 2.45) is 13.0 Å². The minimum Gasteiger partial charge on any atom is -0.488 e. The zero-order valence-electron chi connectivity index (χ0n) is 17.7. The van der Waals surface area contributed by atoms with Gasteiger partial charge in [-0.3, -0.25) is 9.48 Å². The molecule has 1 saturated heterocycles. The smallest absolute Gasteiger partial charge is 0.220 e. The predicted molar refractivity (Wildman–Crippen MR) is 119 cm³/mol. The van der Waals surface area contributed by atoms with Gasteiger partial charge < -0.3 is 14.6 Å². The van der Waals surface area contributed by atoms with Crippen LogP contribution in [0.1, 0.15) is 32.2 Å². The number of hydrogen-bond donors (Lipinski definition) is 1. The Labute approximate surface area is 180 Å². The van der Waals surface area contributed by atoms with Crippen molar-refractivity contribution in [2.45, 2.75) is 38.3 Å². The SMILES string of the molecule is C[C@@H](Oc1cc(-c2ccc3c(cnn3C)c2)cc2ncn(C3CC3)c12)C1CNC(=O)C1. The first-order valence-electron chi connectivity index (χ1n) is 10.9. The molecule has 2 fully saturated rings. The number of nitrogens with one attached hydrogen (secondary N) is 1. The lowest BCUT2D eigenvalue weighted by atomic mass is 10.0. The summed E-state index contributed by atoms with van der Waals surface area (Å²) in [6.45, 7) is 2.73. The molecule has 1 aliphatic carbocycles. The molecule has 3 heterocycles. The van der Waals surface area contributed by atoms with E-state index >= 15 is 0 Å². The molecule has 1 unspecified atom stereocenters. The van der Waals surface area contributed by atoms with Crippen LogP contribution in [0.25, 0.3) is 33.1 Å². The second kappa shape index (κ2) is 6.83. The third-order valence-corrected chi connectivity index (χ3v) is 6.64. The fraction of sp³-hybridized carbons (Fsp3) is 0.375. The average molecular weight is 415 g/mol. The molecular formula is C24H25N5O2. The molecule has 1 aliphatic heterocycles. The highest BCUT2D eigenvalue weighted by Gasteiger charge is 2.30. The maximum atomic E-state index is 11.7. The topological polar surface area (TPSA) is 74.0 Å². The van der Waals surface area contributed by atoms with Gasteiger partial charge in [0.1, 0.15) is 17.4 Å².